The molecule has 2 aromatic rings. The van der Waals surface area contributed by atoms with Crippen LogP contribution in [-0.2, 0) is 4.79 Å². The molecular formula is C17H21N3OS2. The molecule has 0 atom stereocenters. The van der Waals surface area contributed by atoms with Crippen LogP contribution in [0, 0.1) is 5.92 Å². The van der Waals surface area contributed by atoms with Crippen molar-refractivity contribution in [2.45, 2.75) is 12.8 Å². The molecule has 0 N–H and O–H groups in total. The van der Waals surface area contributed by atoms with Crippen LogP contribution in [0.25, 0.3) is 10.1 Å². The number of carbonyl (C=O) groups excluding carboxylic acids is 1. The van der Waals surface area contributed by atoms with E-state index in [0.29, 0.717) is 5.91 Å². The Hall–Kier alpha value is -1.27. The fraction of sp³-hybridized carbons (Fsp3) is 0.529. The number of piperidine rings is 1. The lowest BCUT2D eigenvalue weighted by Crippen LogP contribution is -2.45. The molecule has 2 aromatic heterocycles. The molecule has 2 fully saturated rings. The molecule has 0 bridgehead atoms. The summed E-state index contributed by atoms with van der Waals surface area (Å²) in [4.78, 5) is 21.7. The fourth-order valence-electron chi connectivity index (χ4n) is 3.51. The molecule has 0 unspecified atom stereocenters. The van der Waals surface area contributed by atoms with Crippen LogP contribution in [0.2, 0.25) is 0 Å². The molecule has 6 heteroatoms. The summed E-state index contributed by atoms with van der Waals surface area (Å²) in [5.74, 6) is 3.86. The number of thiophene rings is 1. The summed E-state index contributed by atoms with van der Waals surface area (Å²) in [6.45, 7) is 3.72. The molecule has 122 valence electrons. The topological polar surface area (TPSA) is 36.4 Å². The number of aromatic nitrogens is 1. The van der Waals surface area contributed by atoms with Crippen molar-refractivity contribution in [2.75, 3.05) is 42.6 Å². The highest BCUT2D eigenvalue weighted by Gasteiger charge is 2.30. The Bertz CT molecular complexity index is 688. The van der Waals surface area contributed by atoms with Gasteiger partial charge in [-0.1, -0.05) is 0 Å². The van der Waals surface area contributed by atoms with Gasteiger partial charge in [0.15, 0.2) is 0 Å². The van der Waals surface area contributed by atoms with Crippen LogP contribution in [0.3, 0.4) is 0 Å². The van der Waals surface area contributed by atoms with Gasteiger partial charge in [-0.2, -0.15) is 11.8 Å². The Morgan fingerprint density at radius 2 is 1.91 bits per heavy atom. The standard InChI is InChI=1S/C17H21N3OS2/c21-17(20-8-11-22-12-9-20)13-2-6-19(7-3-13)16-14-4-10-23-15(14)1-5-18-16/h1,4-5,10,13H,2-3,6-9,11-12H2. The highest BCUT2D eigenvalue weighted by Crippen LogP contribution is 2.31. The Morgan fingerprint density at radius 1 is 1.13 bits per heavy atom. The van der Waals surface area contributed by atoms with E-state index in [-0.39, 0.29) is 5.92 Å². The largest absolute Gasteiger partial charge is 0.356 e. The van der Waals surface area contributed by atoms with E-state index < -0.39 is 0 Å². The zero-order chi connectivity index (χ0) is 15.6. The van der Waals surface area contributed by atoms with Crippen LogP contribution in [0.4, 0.5) is 5.82 Å². The van der Waals surface area contributed by atoms with E-state index in [0.717, 1.165) is 56.3 Å². The molecule has 4 nitrogen and oxygen atoms in total. The zero-order valence-corrected chi connectivity index (χ0v) is 14.7. The maximum absolute atomic E-state index is 12.7. The quantitative estimate of drug-likeness (QED) is 0.836. The first-order valence-electron chi connectivity index (χ1n) is 8.26. The smallest absolute Gasteiger partial charge is 0.225 e. The number of anilines is 1. The summed E-state index contributed by atoms with van der Waals surface area (Å²) in [6.07, 6.45) is 3.80. The van der Waals surface area contributed by atoms with E-state index in [1.807, 2.05) is 18.0 Å². The molecule has 0 radical (unpaired) electrons. The number of fused-ring (bicyclic) bond motifs is 1. The number of carbonyl (C=O) groups is 1. The molecule has 4 rings (SSSR count). The van der Waals surface area contributed by atoms with E-state index in [1.165, 1.54) is 10.1 Å². The van der Waals surface area contributed by atoms with Gasteiger partial charge in [0.25, 0.3) is 0 Å². The second kappa shape index (κ2) is 6.69. The van der Waals surface area contributed by atoms with Crippen LogP contribution >= 0.6 is 23.1 Å². The molecule has 4 heterocycles. The van der Waals surface area contributed by atoms with Gasteiger partial charge < -0.3 is 9.80 Å². The first kappa shape index (κ1) is 15.3. The summed E-state index contributed by atoms with van der Waals surface area (Å²) in [6, 6.07) is 4.24. The van der Waals surface area contributed by atoms with E-state index in [1.54, 1.807) is 11.3 Å². The van der Waals surface area contributed by atoms with E-state index in [9.17, 15) is 4.79 Å². The average molecular weight is 348 g/mol. The average Bonchev–Trinajstić information content (AvgIpc) is 3.11. The number of rotatable bonds is 2. The van der Waals surface area contributed by atoms with Gasteiger partial charge in [0, 0.05) is 59.9 Å². The molecule has 0 aromatic carbocycles. The lowest BCUT2D eigenvalue weighted by molar-refractivity contribution is -0.135. The SMILES string of the molecule is O=C(C1CCN(c2nccc3sccc23)CC1)N1CCSCC1. The molecule has 0 spiro atoms. The zero-order valence-electron chi connectivity index (χ0n) is 13.1. The van der Waals surface area contributed by atoms with Gasteiger partial charge in [0.05, 0.1) is 0 Å². The first-order valence-corrected chi connectivity index (χ1v) is 10.3. The second-order valence-corrected chi connectivity index (χ2v) is 8.34. The fourth-order valence-corrected chi connectivity index (χ4v) is 5.19. The van der Waals surface area contributed by atoms with Gasteiger partial charge in [-0.05, 0) is 30.4 Å². The van der Waals surface area contributed by atoms with Gasteiger partial charge in [-0.15, -0.1) is 11.3 Å². The molecule has 0 saturated carbocycles. The molecular weight excluding hydrogens is 326 g/mol. The van der Waals surface area contributed by atoms with Crippen molar-refractivity contribution in [3.05, 3.63) is 23.7 Å². The Labute approximate surface area is 144 Å². The Balaban J connectivity index is 1.42. The Morgan fingerprint density at radius 3 is 2.70 bits per heavy atom. The predicted octanol–water partition coefficient (Wildman–Crippen LogP) is 3.09. The van der Waals surface area contributed by atoms with Crippen molar-refractivity contribution < 1.29 is 4.79 Å². The molecule has 23 heavy (non-hydrogen) atoms. The minimum Gasteiger partial charge on any atom is -0.356 e. The highest BCUT2D eigenvalue weighted by atomic mass is 32.2. The van der Waals surface area contributed by atoms with Gasteiger partial charge in [0.1, 0.15) is 5.82 Å². The monoisotopic (exact) mass is 347 g/mol. The van der Waals surface area contributed by atoms with Crippen molar-refractivity contribution in [3.63, 3.8) is 0 Å². The van der Waals surface area contributed by atoms with Crippen molar-refractivity contribution in [3.8, 4) is 0 Å². The van der Waals surface area contributed by atoms with Crippen LogP contribution in [-0.4, -0.2) is 53.5 Å². The van der Waals surface area contributed by atoms with Crippen molar-refractivity contribution in [1.82, 2.24) is 9.88 Å². The molecule has 2 saturated heterocycles. The van der Waals surface area contributed by atoms with Crippen molar-refractivity contribution >= 4 is 44.9 Å². The van der Waals surface area contributed by atoms with Gasteiger partial charge in [-0.25, -0.2) is 4.98 Å². The summed E-state index contributed by atoms with van der Waals surface area (Å²) in [5.41, 5.74) is 0. The molecule has 1 amide bonds. The maximum atomic E-state index is 12.7. The van der Waals surface area contributed by atoms with Gasteiger partial charge in [0.2, 0.25) is 5.91 Å². The normalized spacial score (nSPS) is 20.2. The Kier molecular flexibility index (Phi) is 4.44. The summed E-state index contributed by atoms with van der Waals surface area (Å²) in [5, 5.41) is 3.37. The van der Waals surface area contributed by atoms with Gasteiger partial charge in [-0.3, -0.25) is 4.79 Å². The number of nitrogens with zero attached hydrogens (tertiary/aromatic N) is 3. The van der Waals surface area contributed by atoms with E-state index in [2.05, 4.69) is 32.3 Å². The summed E-state index contributed by atoms with van der Waals surface area (Å²) < 4.78 is 1.29. The molecule has 2 aliphatic rings. The van der Waals surface area contributed by atoms with Crippen LogP contribution in [0.1, 0.15) is 12.8 Å². The third-order valence-corrected chi connectivity index (χ3v) is 6.65. The summed E-state index contributed by atoms with van der Waals surface area (Å²) in [7, 11) is 0. The minimum absolute atomic E-state index is 0.205. The number of amides is 1. The van der Waals surface area contributed by atoms with Crippen LogP contribution in [0.5, 0.6) is 0 Å². The van der Waals surface area contributed by atoms with E-state index in [4.69, 9.17) is 0 Å². The maximum Gasteiger partial charge on any atom is 0.225 e. The number of thioether (sulfide) groups is 1. The second-order valence-electron chi connectivity index (χ2n) is 6.17. The minimum atomic E-state index is 0.205. The lowest BCUT2D eigenvalue weighted by atomic mass is 9.95. The third-order valence-electron chi connectivity index (χ3n) is 4.83. The number of pyridine rings is 1. The van der Waals surface area contributed by atoms with Crippen molar-refractivity contribution in [1.29, 1.82) is 0 Å². The molecule has 0 aliphatic carbocycles. The van der Waals surface area contributed by atoms with E-state index >= 15 is 0 Å². The van der Waals surface area contributed by atoms with Crippen LogP contribution in [0.15, 0.2) is 23.7 Å². The van der Waals surface area contributed by atoms with Crippen LogP contribution < -0.4 is 4.90 Å². The summed E-state index contributed by atoms with van der Waals surface area (Å²) >= 11 is 3.71. The number of hydrogen-bond donors (Lipinski definition) is 0. The predicted molar refractivity (Wildman–Crippen MR) is 98.5 cm³/mol. The number of hydrogen-bond acceptors (Lipinski definition) is 5. The third kappa shape index (κ3) is 3.06. The highest BCUT2D eigenvalue weighted by molar-refractivity contribution is 7.99. The molecule has 2 aliphatic heterocycles. The van der Waals surface area contributed by atoms with Crippen molar-refractivity contribution in [2.24, 2.45) is 5.92 Å². The first-order chi connectivity index (χ1) is 11.3. The van der Waals surface area contributed by atoms with Gasteiger partial charge >= 0.3 is 0 Å². The lowest BCUT2D eigenvalue weighted by Gasteiger charge is -2.36.